The van der Waals surface area contributed by atoms with Crippen LogP contribution in [0.25, 0.3) is 0 Å². The highest BCUT2D eigenvalue weighted by Gasteiger charge is 2.52. The maximum absolute atomic E-state index is 12.2. The standard InChI is InChI=1S/C18H28N2O/c1-11-14-15(12(2)20(11)13-8-6-7-9-13)18(5,16(19)21)10-17(14,3)4/h13H,6-10H2,1-5H3,(H2,19,21). The number of primary amides is 1. The predicted molar refractivity (Wildman–Crippen MR) is 85.6 cm³/mol. The molecule has 0 spiro atoms. The fourth-order valence-corrected chi connectivity index (χ4v) is 5.34. The van der Waals surface area contributed by atoms with Gasteiger partial charge >= 0.3 is 0 Å². The van der Waals surface area contributed by atoms with Crippen LogP contribution in [0, 0.1) is 13.8 Å². The Kier molecular flexibility index (Phi) is 3.06. The van der Waals surface area contributed by atoms with Gasteiger partial charge < -0.3 is 10.3 Å². The van der Waals surface area contributed by atoms with Gasteiger partial charge in [-0.25, -0.2) is 0 Å². The van der Waals surface area contributed by atoms with Crippen molar-refractivity contribution in [2.24, 2.45) is 5.73 Å². The van der Waals surface area contributed by atoms with Gasteiger partial charge in [-0.1, -0.05) is 26.7 Å². The van der Waals surface area contributed by atoms with Crippen LogP contribution in [0.1, 0.15) is 81.4 Å². The first-order chi connectivity index (χ1) is 9.70. The number of carbonyl (C=O) groups excluding carboxylic acids is 1. The summed E-state index contributed by atoms with van der Waals surface area (Å²) in [6, 6.07) is 0.614. The van der Waals surface area contributed by atoms with Gasteiger partial charge in [0.15, 0.2) is 0 Å². The molecule has 1 aromatic heterocycles. The molecule has 2 aliphatic carbocycles. The van der Waals surface area contributed by atoms with E-state index in [0.29, 0.717) is 6.04 Å². The number of nitrogens with two attached hydrogens (primary N) is 1. The second kappa shape index (κ2) is 4.37. The van der Waals surface area contributed by atoms with Crippen molar-refractivity contribution in [2.75, 3.05) is 0 Å². The van der Waals surface area contributed by atoms with Crippen LogP contribution < -0.4 is 5.73 Å². The van der Waals surface area contributed by atoms with E-state index in [1.165, 1.54) is 48.2 Å². The molecule has 0 radical (unpaired) electrons. The summed E-state index contributed by atoms with van der Waals surface area (Å²) >= 11 is 0. The molecule has 1 fully saturated rings. The Balaban J connectivity index is 2.25. The molecule has 2 aliphatic rings. The Morgan fingerprint density at radius 2 is 1.62 bits per heavy atom. The quantitative estimate of drug-likeness (QED) is 0.887. The average Bonchev–Trinajstić information content (AvgIpc) is 2.99. The second-order valence-corrected chi connectivity index (χ2v) is 7.99. The average molecular weight is 288 g/mol. The monoisotopic (exact) mass is 288 g/mol. The number of hydrogen-bond donors (Lipinski definition) is 1. The molecule has 2 N–H and O–H groups in total. The van der Waals surface area contributed by atoms with Crippen LogP contribution in [-0.4, -0.2) is 10.5 Å². The second-order valence-electron chi connectivity index (χ2n) is 7.99. The van der Waals surface area contributed by atoms with Crippen LogP contribution in [-0.2, 0) is 15.6 Å². The van der Waals surface area contributed by atoms with Crippen molar-refractivity contribution >= 4 is 5.91 Å². The Labute approximate surface area is 127 Å². The highest BCUT2D eigenvalue weighted by atomic mass is 16.1. The summed E-state index contributed by atoms with van der Waals surface area (Å²) in [4.78, 5) is 12.2. The van der Waals surface area contributed by atoms with Gasteiger partial charge in [-0.05, 0) is 56.6 Å². The van der Waals surface area contributed by atoms with Crippen molar-refractivity contribution in [1.29, 1.82) is 0 Å². The number of amides is 1. The molecule has 3 nitrogen and oxygen atoms in total. The SMILES string of the molecule is Cc1c2c(c(C)n1C1CCCC1)C(C)(C(N)=O)CC2(C)C. The molecule has 0 saturated heterocycles. The number of carbonyl (C=O) groups is 1. The number of rotatable bonds is 2. The minimum Gasteiger partial charge on any atom is -0.369 e. The Morgan fingerprint density at radius 1 is 1.10 bits per heavy atom. The molecule has 1 atom stereocenters. The van der Waals surface area contributed by atoms with Gasteiger partial charge in [-0.15, -0.1) is 0 Å². The third-order valence-electron chi connectivity index (χ3n) is 5.95. The fraction of sp³-hybridized carbons (Fsp3) is 0.722. The molecule has 116 valence electrons. The molecule has 0 bridgehead atoms. The van der Waals surface area contributed by atoms with Gasteiger partial charge in [0.05, 0.1) is 5.41 Å². The van der Waals surface area contributed by atoms with Crippen LogP contribution in [0.4, 0.5) is 0 Å². The van der Waals surface area contributed by atoms with Gasteiger partial charge in [0, 0.05) is 17.4 Å². The van der Waals surface area contributed by atoms with Crippen molar-refractivity contribution in [1.82, 2.24) is 4.57 Å². The lowest BCUT2D eigenvalue weighted by molar-refractivity contribution is -0.123. The number of hydrogen-bond acceptors (Lipinski definition) is 1. The topological polar surface area (TPSA) is 48.0 Å². The fourth-order valence-electron chi connectivity index (χ4n) is 5.34. The zero-order valence-electron chi connectivity index (χ0n) is 14.0. The van der Waals surface area contributed by atoms with Crippen LogP contribution in [0.3, 0.4) is 0 Å². The summed E-state index contributed by atoms with van der Waals surface area (Å²) in [5.41, 5.74) is 10.6. The highest BCUT2D eigenvalue weighted by molar-refractivity contribution is 5.89. The maximum Gasteiger partial charge on any atom is 0.227 e. The first-order valence-electron chi connectivity index (χ1n) is 8.22. The van der Waals surface area contributed by atoms with Crippen molar-refractivity contribution in [2.45, 2.75) is 83.6 Å². The molecule has 0 aromatic carbocycles. The number of nitrogens with zero attached hydrogens (tertiary/aromatic N) is 1. The minimum absolute atomic E-state index is 0.0256. The van der Waals surface area contributed by atoms with Crippen LogP contribution >= 0.6 is 0 Å². The first-order valence-corrected chi connectivity index (χ1v) is 8.22. The van der Waals surface area contributed by atoms with E-state index in [1.807, 2.05) is 6.92 Å². The van der Waals surface area contributed by atoms with Crippen LogP contribution in [0.15, 0.2) is 0 Å². The molecule has 1 unspecified atom stereocenters. The molecule has 1 saturated carbocycles. The van der Waals surface area contributed by atoms with E-state index in [4.69, 9.17) is 5.73 Å². The van der Waals surface area contributed by atoms with E-state index in [9.17, 15) is 4.79 Å². The Morgan fingerprint density at radius 3 is 2.14 bits per heavy atom. The minimum atomic E-state index is -0.516. The van der Waals surface area contributed by atoms with E-state index in [0.717, 1.165) is 6.42 Å². The van der Waals surface area contributed by atoms with Gasteiger partial charge in [0.2, 0.25) is 5.91 Å². The molecule has 3 heteroatoms. The molecule has 1 amide bonds. The van der Waals surface area contributed by atoms with Crippen molar-refractivity contribution in [3.8, 4) is 0 Å². The van der Waals surface area contributed by atoms with Gasteiger partial charge in [0.25, 0.3) is 0 Å². The van der Waals surface area contributed by atoms with E-state index in [2.05, 4.69) is 32.3 Å². The highest BCUT2D eigenvalue weighted by Crippen LogP contribution is 2.54. The largest absolute Gasteiger partial charge is 0.369 e. The summed E-state index contributed by atoms with van der Waals surface area (Å²) in [5, 5.41) is 0. The van der Waals surface area contributed by atoms with Gasteiger partial charge in [-0.2, -0.15) is 0 Å². The van der Waals surface area contributed by atoms with E-state index in [-0.39, 0.29) is 11.3 Å². The third-order valence-corrected chi connectivity index (χ3v) is 5.95. The first kappa shape index (κ1) is 14.7. The smallest absolute Gasteiger partial charge is 0.227 e. The predicted octanol–water partition coefficient (Wildman–Crippen LogP) is 3.64. The van der Waals surface area contributed by atoms with Crippen molar-refractivity contribution < 1.29 is 4.79 Å². The molecule has 1 aromatic rings. The van der Waals surface area contributed by atoms with E-state index in [1.54, 1.807) is 0 Å². The summed E-state index contributed by atoms with van der Waals surface area (Å²) in [6.45, 7) is 11.0. The lowest BCUT2D eigenvalue weighted by Crippen LogP contribution is -2.38. The zero-order valence-corrected chi connectivity index (χ0v) is 14.0. The molecule has 1 heterocycles. The summed E-state index contributed by atoms with van der Waals surface area (Å²) in [7, 11) is 0. The van der Waals surface area contributed by atoms with E-state index < -0.39 is 5.41 Å². The number of aromatic nitrogens is 1. The third kappa shape index (κ3) is 1.82. The molecular weight excluding hydrogens is 260 g/mol. The van der Waals surface area contributed by atoms with Crippen LogP contribution in [0.5, 0.6) is 0 Å². The molecule has 21 heavy (non-hydrogen) atoms. The van der Waals surface area contributed by atoms with Gasteiger partial charge in [0.1, 0.15) is 0 Å². The summed E-state index contributed by atoms with van der Waals surface area (Å²) in [5.74, 6) is -0.180. The lowest BCUT2D eigenvalue weighted by Gasteiger charge is -2.28. The molecule has 0 aliphatic heterocycles. The number of fused-ring (bicyclic) bond motifs is 1. The van der Waals surface area contributed by atoms with E-state index >= 15 is 0 Å². The summed E-state index contributed by atoms with van der Waals surface area (Å²) in [6.07, 6.45) is 6.00. The Hall–Kier alpha value is -1.25. The molecule has 3 rings (SSSR count). The van der Waals surface area contributed by atoms with Crippen LogP contribution in [0.2, 0.25) is 0 Å². The van der Waals surface area contributed by atoms with Crippen molar-refractivity contribution in [3.63, 3.8) is 0 Å². The molecular formula is C18H28N2O. The normalized spacial score (nSPS) is 28.0. The zero-order chi connectivity index (χ0) is 15.6. The van der Waals surface area contributed by atoms with Gasteiger partial charge in [-0.3, -0.25) is 4.79 Å². The lowest BCUT2D eigenvalue weighted by atomic mass is 9.79. The maximum atomic E-state index is 12.2. The Bertz CT molecular complexity index is 605. The van der Waals surface area contributed by atoms with Crippen molar-refractivity contribution in [3.05, 3.63) is 22.5 Å². The summed E-state index contributed by atoms with van der Waals surface area (Å²) < 4.78 is 2.51.